The number of nitrogens with two attached hydrogens (primary N) is 1. The molecule has 0 aliphatic carbocycles. The van der Waals surface area contributed by atoms with Crippen LogP contribution in [0, 0.1) is 5.92 Å². The summed E-state index contributed by atoms with van der Waals surface area (Å²) in [6.45, 7) is 4.55. The van der Waals surface area contributed by atoms with Crippen LogP contribution in [0.5, 0.6) is 0 Å². The van der Waals surface area contributed by atoms with Gasteiger partial charge in [-0.05, 0) is 56.5 Å². The Hall–Kier alpha value is -1.92. The molecule has 2 bridgehead atoms. The lowest BCUT2D eigenvalue weighted by Gasteiger charge is -2.49. The lowest BCUT2D eigenvalue weighted by atomic mass is 9.79. The van der Waals surface area contributed by atoms with E-state index in [4.69, 9.17) is 5.73 Å². The second-order valence-corrected chi connectivity index (χ2v) is 7.80. The van der Waals surface area contributed by atoms with Gasteiger partial charge in [0.2, 0.25) is 0 Å². The van der Waals surface area contributed by atoms with Crippen LogP contribution in [0.2, 0.25) is 0 Å². The van der Waals surface area contributed by atoms with E-state index >= 15 is 0 Å². The maximum absolute atomic E-state index is 12.6. The predicted octanol–water partition coefficient (Wildman–Crippen LogP) is 2.60. The number of nitrogen functional groups attached to an aromatic ring is 1. The van der Waals surface area contributed by atoms with Gasteiger partial charge in [-0.1, -0.05) is 12.1 Å². The van der Waals surface area contributed by atoms with Gasteiger partial charge in [0.15, 0.2) is 5.01 Å². The molecule has 0 spiro atoms. The smallest absolute Gasteiger partial charge is 0.280 e. The summed E-state index contributed by atoms with van der Waals surface area (Å²) in [5.74, 6) is 0.553. The Kier molecular flexibility index (Phi) is 4.02. The maximum Gasteiger partial charge on any atom is 0.280 e. The highest BCUT2D eigenvalue weighted by atomic mass is 32.1. The van der Waals surface area contributed by atoms with Gasteiger partial charge in [-0.2, -0.15) is 0 Å². The first-order valence-corrected chi connectivity index (χ1v) is 9.30. The molecule has 24 heavy (non-hydrogen) atoms. The van der Waals surface area contributed by atoms with E-state index in [1.807, 2.05) is 24.3 Å². The SMILES string of the molecule is C[C@@H]1[C@H](NC(=O)c2ncc(-c3ccc(N)cc3)s2)C2CCN1CC2. The van der Waals surface area contributed by atoms with Crippen molar-refractivity contribution in [1.82, 2.24) is 15.2 Å². The fourth-order valence-corrected chi connectivity index (χ4v) is 4.74. The van der Waals surface area contributed by atoms with E-state index in [1.165, 1.54) is 24.2 Å². The lowest BCUT2D eigenvalue weighted by Crippen LogP contribution is -2.62. The lowest BCUT2D eigenvalue weighted by molar-refractivity contribution is 0.0217. The van der Waals surface area contributed by atoms with Crippen molar-refractivity contribution in [2.24, 2.45) is 5.92 Å². The Morgan fingerprint density at radius 3 is 2.67 bits per heavy atom. The summed E-state index contributed by atoms with van der Waals surface area (Å²) in [7, 11) is 0. The van der Waals surface area contributed by atoms with Crippen LogP contribution < -0.4 is 11.1 Å². The molecule has 126 valence electrons. The predicted molar refractivity (Wildman–Crippen MR) is 97.0 cm³/mol. The van der Waals surface area contributed by atoms with E-state index in [0.29, 0.717) is 17.0 Å². The van der Waals surface area contributed by atoms with Crippen LogP contribution in [-0.2, 0) is 0 Å². The molecule has 3 aliphatic heterocycles. The van der Waals surface area contributed by atoms with Gasteiger partial charge in [0, 0.05) is 24.0 Å². The molecular weight excluding hydrogens is 320 g/mol. The fourth-order valence-electron chi connectivity index (χ4n) is 3.92. The van der Waals surface area contributed by atoms with Crippen molar-refractivity contribution >= 4 is 22.9 Å². The molecule has 3 aliphatic rings. The number of carbonyl (C=O) groups excluding carboxylic acids is 1. The van der Waals surface area contributed by atoms with Gasteiger partial charge >= 0.3 is 0 Å². The Morgan fingerprint density at radius 2 is 2.00 bits per heavy atom. The molecule has 1 aromatic heterocycles. The third-order valence-electron chi connectivity index (χ3n) is 5.37. The number of benzene rings is 1. The first-order valence-electron chi connectivity index (χ1n) is 8.48. The molecule has 6 heteroatoms. The van der Waals surface area contributed by atoms with Crippen molar-refractivity contribution in [1.29, 1.82) is 0 Å². The molecule has 0 radical (unpaired) electrons. The van der Waals surface area contributed by atoms with Gasteiger partial charge in [0.1, 0.15) is 0 Å². The Labute approximate surface area is 145 Å². The number of nitrogens with zero attached hydrogens (tertiary/aromatic N) is 2. The van der Waals surface area contributed by atoms with Crippen LogP contribution in [0.15, 0.2) is 30.5 Å². The maximum atomic E-state index is 12.6. The van der Waals surface area contributed by atoms with Crippen molar-refractivity contribution < 1.29 is 4.79 Å². The minimum atomic E-state index is -0.0488. The number of anilines is 1. The minimum Gasteiger partial charge on any atom is -0.399 e. The number of aromatic nitrogens is 1. The topological polar surface area (TPSA) is 71.2 Å². The second kappa shape index (κ2) is 6.18. The number of fused-ring (bicyclic) bond motifs is 3. The van der Waals surface area contributed by atoms with Gasteiger partial charge in [-0.15, -0.1) is 11.3 Å². The van der Waals surface area contributed by atoms with E-state index in [2.05, 4.69) is 22.1 Å². The van der Waals surface area contributed by atoms with E-state index in [0.717, 1.165) is 29.2 Å². The summed E-state index contributed by atoms with van der Waals surface area (Å²) in [6, 6.07) is 8.30. The number of amides is 1. The van der Waals surface area contributed by atoms with Gasteiger partial charge in [-0.25, -0.2) is 4.98 Å². The first kappa shape index (κ1) is 15.6. The Balaban J connectivity index is 1.48. The van der Waals surface area contributed by atoms with E-state index < -0.39 is 0 Å². The highest BCUT2D eigenvalue weighted by Gasteiger charge is 2.40. The Bertz CT molecular complexity index is 732. The van der Waals surface area contributed by atoms with Crippen LogP contribution >= 0.6 is 11.3 Å². The summed E-state index contributed by atoms with van der Waals surface area (Å²) < 4.78 is 0. The number of rotatable bonds is 3. The highest BCUT2D eigenvalue weighted by molar-refractivity contribution is 7.16. The van der Waals surface area contributed by atoms with Crippen molar-refractivity contribution in [3.63, 3.8) is 0 Å². The molecule has 3 saturated heterocycles. The summed E-state index contributed by atoms with van der Waals surface area (Å²) in [5.41, 5.74) is 7.50. The highest BCUT2D eigenvalue weighted by Crippen LogP contribution is 2.33. The van der Waals surface area contributed by atoms with Gasteiger partial charge < -0.3 is 11.1 Å². The number of nitrogens with one attached hydrogen (secondary N) is 1. The summed E-state index contributed by atoms with van der Waals surface area (Å²) in [5, 5.41) is 3.77. The average molecular weight is 342 g/mol. The molecule has 2 aromatic rings. The Morgan fingerprint density at radius 1 is 1.29 bits per heavy atom. The average Bonchev–Trinajstić information content (AvgIpc) is 3.09. The number of carbonyl (C=O) groups is 1. The number of hydrogen-bond donors (Lipinski definition) is 2. The third-order valence-corrected chi connectivity index (χ3v) is 6.42. The third kappa shape index (κ3) is 2.80. The van der Waals surface area contributed by atoms with E-state index in [-0.39, 0.29) is 11.9 Å². The zero-order valence-corrected chi connectivity index (χ0v) is 14.6. The van der Waals surface area contributed by atoms with Crippen molar-refractivity contribution in [3.8, 4) is 10.4 Å². The molecule has 0 unspecified atom stereocenters. The minimum absolute atomic E-state index is 0.0488. The molecule has 0 saturated carbocycles. The van der Waals surface area contributed by atoms with Crippen LogP contribution in [0.3, 0.4) is 0 Å². The molecule has 4 heterocycles. The second-order valence-electron chi connectivity index (χ2n) is 6.76. The first-order chi connectivity index (χ1) is 11.6. The summed E-state index contributed by atoms with van der Waals surface area (Å²) in [4.78, 5) is 20.4. The van der Waals surface area contributed by atoms with E-state index in [9.17, 15) is 4.79 Å². The molecule has 1 aromatic carbocycles. The number of piperidine rings is 3. The van der Waals surface area contributed by atoms with Gasteiger partial charge in [0.25, 0.3) is 5.91 Å². The summed E-state index contributed by atoms with van der Waals surface area (Å²) >= 11 is 1.43. The number of hydrogen-bond acceptors (Lipinski definition) is 5. The monoisotopic (exact) mass is 342 g/mol. The van der Waals surface area contributed by atoms with Crippen LogP contribution in [-0.4, -0.2) is 41.0 Å². The van der Waals surface area contributed by atoms with Crippen molar-refractivity contribution in [3.05, 3.63) is 35.5 Å². The molecule has 1 amide bonds. The van der Waals surface area contributed by atoms with E-state index in [1.54, 1.807) is 6.20 Å². The molecule has 3 N–H and O–H groups in total. The van der Waals surface area contributed by atoms with Crippen LogP contribution in [0.1, 0.15) is 29.6 Å². The number of thiazole rings is 1. The summed E-state index contributed by atoms with van der Waals surface area (Å²) in [6.07, 6.45) is 4.14. The van der Waals surface area contributed by atoms with Crippen molar-refractivity contribution in [2.75, 3.05) is 18.8 Å². The van der Waals surface area contributed by atoms with Gasteiger partial charge in [-0.3, -0.25) is 9.69 Å². The van der Waals surface area contributed by atoms with Crippen LogP contribution in [0.4, 0.5) is 5.69 Å². The van der Waals surface area contributed by atoms with Gasteiger partial charge in [0.05, 0.1) is 4.88 Å². The molecule has 5 nitrogen and oxygen atoms in total. The largest absolute Gasteiger partial charge is 0.399 e. The van der Waals surface area contributed by atoms with Crippen molar-refractivity contribution in [2.45, 2.75) is 31.8 Å². The molecule has 2 atom stereocenters. The quantitative estimate of drug-likeness (QED) is 0.841. The normalized spacial score (nSPS) is 28.7. The molecular formula is C18H22N4OS. The van der Waals surface area contributed by atoms with Crippen LogP contribution in [0.25, 0.3) is 10.4 Å². The standard InChI is InChI=1S/C18H22N4OS/c1-11-16(13-6-8-22(11)9-7-13)21-17(23)18-20-10-15(24-18)12-2-4-14(19)5-3-12/h2-5,10-11,13,16H,6-9,19H2,1H3,(H,21,23)/t11-,16+/m1/s1. The molecule has 5 rings (SSSR count). The zero-order valence-electron chi connectivity index (χ0n) is 13.7. The zero-order chi connectivity index (χ0) is 16.7. The fraction of sp³-hybridized carbons (Fsp3) is 0.444. The molecule has 3 fully saturated rings.